The van der Waals surface area contributed by atoms with Gasteiger partial charge in [-0.1, -0.05) is 0 Å². The van der Waals surface area contributed by atoms with Crippen LogP contribution >= 0.6 is 0 Å². The van der Waals surface area contributed by atoms with E-state index in [4.69, 9.17) is 4.74 Å². The molecule has 2 rings (SSSR count). The summed E-state index contributed by atoms with van der Waals surface area (Å²) in [5.41, 5.74) is -0.570. The van der Waals surface area contributed by atoms with E-state index in [1.165, 1.54) is 19.3 Å². The molecule has 2 aliphatic rings. The van der Waals surface area contributed by atoms with E-state index in [0.717, 1.165) is 0 Å². The summed E-state index contributed by atoms with van der Waals surface area (Å²) >= 11 is 0. The molecule has 1 atom stereocenters. The molecule has 1 unspecified atom stereocenters. The van der Waals surface area contributed by atoms with E-state index >= 15 is 0 Å². The highest BCUT2D eigenvalue weighted by molar-refractivity contribution is 6.01. The first kappa shape index (κ1) is 8.99. The van der Waals surface area contributed by atoms with Crippen LogP contribution in [0.1, 0.15) is 12.8 Å². The van der Waals surface area contributed by atoms with E-state index in [1.807, 2.05) is 0 Å². The smallest absolute Gasteiger partial charge is 0.221 e. The maximum Gasteiger partial charge on any atom is 0.221 e. The Bertz CT molecular complexity index is 356. The molecular weight excluding hydrogens is 182 g/mol. The Hall–Kier alpha value is -1.58. The number of ketones is 1. The molecule has 1 saturated heterocycles. The normalized spacial score (nSPS) is 30.5. The second-order valence-corrected chi connectivity index (χ2v) is 3.47. The number of carbonyl (C=O) groups is 2. The lowest BCUT2D eigenvalue weighted by atomic mass is 9.90. The van der Waals surface area contributed by atoms with Crippen LogP contribution in [0.3, 0.4) is 0 Å². The fourth-order valence-corrected chi connectivity index (χ4v) is 1.85. The lowest BCUT2D eigenvalue weighted by Crippen LogP contribution is -2.43. The van der Waals surface area contributed by atoms with Crippen LogP contribution < -0.4 is 5.32 Å². The van der Waals surface area contributed by atoms with Gasteiger partial charge in [0.15, 0.2) is 5.78 Å². The van der Waals surface area contributed by atoms with Gasteiger partial charge in [-0.2, -0.15) is 0 Å². The first-order valence-electron chi connectivity index (χ1n) is 4.47. The molecule has 0 saturated carbocycles. The molecule has 4 heteroatoms. The quantitative estimate of drug-likeness (QED) is 0.651. The van der Waals surface area contributed by atoms with Crippen molar-refractivity contribution in [3.8, 4) is 0 Å². The second kappa shape index (κ2) is 2.97. The van der Waals surface area contributed by atoms with Crippen molar-refractivity contribution in [3.63, 3.8) is 0 Å². The van der Waals surface area contributed by atoms with Crippen molar-refractivity contribution in [1.29, 1.82) is 0 Å². The molecule has 1 heterocycles. The summed E-state index contributed by atoms with van der Waals surface area (Å²) < 4.78 is 5.12. The van der Waals surface area contributed by atoms with E-state index in [-0.39, 0.29) is 11.7 Å². The molecule has 1 fully saturated rings. The Morgan fingerprint density at radius 2 is 2.29 bits per heavy atom. The van der Waals surface area contributed by atoms with Crippen LogP contribution in [-0.2, 0) is 14.3 Å². The maximum atomic E-state index is 11.1. The van der Waals surface area contributed by atoms with Crippen LogP contribution in [0.4, 0.5) is 0 Å². The first-order chi connectivity index (χ1) is 6.66. The van der Waals surface area contributed by atoms with Crippen molar-refractivity contribution >= 4 is 11.7 Å². The third kappa shape index (κ3) is 1.23. The van der Waals surface area contributed by atoms with Crippen molar-refractivity contribution in [2.24, 2.45) is 0 Å². The largest absolute Gasteiger partial charge is 0.498 e. The average Bonchev–Trinajstić information content (AvgIpc) is 2.53. The predicted molar refractivity (Wildman–Crippen MR) is 49.3 cm³/mol. The monoisotopic (exact) mass is 193 g/mol. The predicted octanol–water partition coefficient (Wildman–Crippen LogP) is 0.304. The Kier molecular flexibility index (Phi) is 1.91. The molecule has 1 N–H and O–H groups in total. The van der Waals surface area contributed by atoms with E-state index in [2.05, 4.69) is 5.32 Å². The zero-order valence-electron chi connectivity index (χ0n) is 7.87. The van der Waals surface area contributed by atoms with E-state index in [1.54, 1.807) is 6.08 Å². The summed E-state index contributed by atoms with van der Waals surface area (Å²) in [7, 11) is 1.50. The van der Waals surface area contributed by atoms with Crippen LogP contribution in [0.5, 0.6) is 0 Å². The Labute approximate surface area is 81.6 Å². The fraction of sp³-hybridized carbons (Fsp3) is 0.400. The SMILES string of the molecule is COC1=CC(=O)C=CC12CCC(=O)N2. The van der Waals surface area contributed by atoms with Crippen LogP contribution in [0.15, 0.2) is 24.0 Å². The van der Waals surface area contributed by atoms with Gasteiger partial charge in [-0.25, -0.2) is 0 Å². The Balaban J connectivity index is 2.35. The van der Waals surface area contributed by atoms with Crippen LogP contribution in [-0.4, -0.2) is 24.3 Å². The molecular formula is C10H11NO3. The van der Waals surface area contributed by atoms with Gasteiger partial charge >= 0.3 is 0 Å². The van der Waals surface area contributed by atoms with Crippen molar-refractivity contribution in [1.82, 2.24) is 5.32 Å². The van der Waals surface area contributed by atoms with Crippen molar-refractivity contribution in [2.45, 2.75) is 18.4 Å². The number of hydrogen-bond donors (Lipinski definition) is 1. The van der Waals surface area contributed by atoms with Crippen molar-refractivity contribution in [2.75, 3.05) is 7.11 Å². The van der Waals surface area contributed by atoms with Gasteiger partial charge in [0.05, 0.1) is 7.11 Å². The van der Waals surface area contributed by atoms with Crippen LogP contribution in [0.25, 0.3) is 0 Å². The van der Waals surface area contributed by atoms with Crippen LogP contribution in [0.2, 0.25) is 0 Å². The summed E-state index contributed by atoms with van der Waals surface area (Å²) in [6.07, 6.45) is 5.72. The summed E-state index contributed by atoms with van der Waals surface area (Å²) in [6.45, 7) is 0. The number of ether oxygens (including phenoxy) is 1. The molecule has 74 valence electrons. The summed E-state index contributed by atoms with van der Waals surface area (Å²) in [5, 5.41) is 2.82. The van der Waals surface area contributed by atoms with Gasteiger partial charge in [-0.15, -0.1) is 0 Å². The minimum atomic E-state index is -0.570. The number of nitrogens with one attached hydrogen (secondary N) is 1. The zero-order chi connectivity index (χ0) is 10.2. The van der Waals surface area contributed by atoms with E-state index in [0.29, 0.717) is 18.6 Å². The molecule has 0 aromatic heterocycles. The molecule has 4 nitrogen and oxygen atoms in total. The number of hydrogen-bond acceptors (Lipinski definition) is 3. The van der Waals surface area contributed by atoms with Crippen molar-refractivity contribution in [3.05, 3.63) is 24.0 Å². The number of carbonyl (C=O) groups excluding carboxylic acids is 2. The topological polar surface area (TPSA) is 55.4 Å². The highest BCUT2D eigenvalue weighted by Crippen LogP contribution is 2.32. The lowest BCUT2D eigenvalue weighted by Gasteiger charge is -2.29. The molecule has 1 spiro atoms. The summed E-state index contributed by atoms with van der Waals surface area (Å²) in [4.78, 5) is 22.2. The molecule has 0 bridgehead atoms. The number of rotatable bonds is 1. The maximum absolute atomic E-state index is 11.1. The van der Waals surface area contributed by atoms with Crippen LogP contribution in [0, 0.1) is 0 Å². The zero-order valence-corrected chi connectivity index (χ0v) is 7.87. The Morgan fingerprint density at radius 3 is 2.86 bits per heavy atom. The first-order valence-corrected chi connectivity index (χ1v) is 4.47. The van der Waals surface area contributed by atoms with Gasteiger partial charge in [0.25, 0.3) is 0 Å². The molecule has 1 amide bonds. The number of methoxy groups -OCH3 is 1. The van der Waals surface area contributed by atoms with Gasteiger partial charge in [0.2, 0.25) is 5.91 Å². The molecule has 1 aliphatic carbocycles. The highest BCUT2D eigenvalue weighted by atomic mass is 16.5. The number of amides is 1. The number of allylic oxidation sites excluding steroid dienone is 2. The van der Waals surface area contributed by atoms with E-state index in [9.17, 15) is 9.59 Å². The minimum Gasteiger partial charge on any atom is -0.498 e. The second-order valence-electron chi connectivity index (χ2n) is 3.47. The molecule has 14 heavy (non-hydrogen) atoms. The van der Waals surface area contributed by atoms with Gasteiger partial charge in [0, 0.05) is 12.5 Å². The molecule has 0 aromatic carbocycles. The minimum absolute atomic E-state index is 0.00745. The molecule has 0 radical (unpaired) electrons. The Morgan fingerprint density at radius 1 is 1.50 bits per heavy atom. The lowest BCUT2D eigenvalue weighted by molar-refractivity contribution is -0.119. The highest BCUT2D eigenvalue weighted by Gasteiger charge is 2.41. The molecule has 1 aliphatic heterocycles. The summed E-state index contributed by atoms with van der Waals surface area (Å²) in [5.74, 6) is 0.413. The third-order valence-corrected chi connectivity index (χ3v) is 2.57. The van der Waals surface area contributed by atoms with Crippen molar-refractivity contribution < 1.29 is 14.3 Å². The standard InChI is InChI=1S/C10H11NO3/c1-14-8-6-7(12)2-4-10(8)5-3-9(13)11-10/h2,4,6H,3,5H2,1H3,(H,11,13). The van der Waals surface area contributed by atoms with Gasteiger partial charge < -0.3 is 10.1 Å². The molecule has 0 aromatic rings. The van der Waals surface area contributed by atoms with Gasteiger partial charge in [-0.05, 0) is 18.6 Å². The summed E-state index contributed by atoms with van der Waals surface area (Å²) in [6, 6.07) is 0. The fourth-order valence-electron chi connectivity index (χ4n) is 1.85. The van der Waals surface area contributed by atoms with Gasteiger partial charge in [-0.3, -0.25) is 9.59 Å². The van der Waals surface area contributed by atoms with Gasteiger partial charge in [0.1, 0.15) is 11.3 Å². The third-order valence-electron chi connectivity index (χ3n) is 2.57. The van der Waals surface area contributed by atoms with E-state index < -0.39 is 5.54 Å². The average molecular weight is 193 g/mol.